The van der Waals surface area contributed by atoms with E-state index in [-0.39, 0.29) is 17.2 Å². The molecule has 0 unspecified atom stereocenters. The molecule has 6 nitrogen and oxygen atoms in total. The Balaban J connectivity index is 1.77. The third-order valence-corrected chi connectivity index (χ3v) is 3.80. The van der Waals surface area contributed by atoms with Crippen molar-refractivity contribution in [1.29, 1.82) is 0 Å². The Labute approximate surface area is 106 Å². The van der Waals surface area contributed by atoms with Crippen LogP contribution in [0.4, 0.5) is 5.13 Å². The molecule has 0 saturated carbocycles. The van der Waals surface area contributed by atoms with E-state index in [9.17, 15) is 9.59 Å². The fraction of sp³-hybridized carbons (Fsp3) is 0.273. The molecule has 1 amide bonds. The van der Waals surface area contributed by atoms with Crippen molar-refractivity contribution < 1.29 is 4.79 Å². The van der Waals surface area contributed by atoms with Crippen LogP contribution in [0.15, 0.2) is 16.9 Å². The molecule has 0 aliphatic heterocycles. The fourth-order valence-corrected chi connectivity index (χ4v) is 2.92. The van der Waals surface area contributed by atoms with E-state index < -0.39 is 0 Å². The molecule has 0 atom stereocenters. The molecule has 18 heavy (non-hydrogen) atoms. The average molecular weight is 262 g/mol. The van der Waals surface area contributed by atoms with Gasteiger partial charge < -0.3 is 0 Å². The maximum Gasteiger partial charge on any atom is 0.277 e. The van der Waals surface area contributed by atoms with E-state index in [1.54, 1.807) is 0 Å². The zero-order valence-corrected chi connectivity index (χ0v) is 10.2. The first-order chi connectivity index (χ1) is 8.72. The normalized spacial score (nSPS) is 13.3. The highest BCUT2D eigenvalue weighted by Gasteiger charge is 2.18. The third-order valence-electron chi connectivity index (χ3n) is 2.73. The van der Waals surface area contributed by atoms with Gasteiger partial charge >= 0.3 is 0 Å². The van der Waals surface area contributed by atoms with Gasteiger partial charge in [-0.05, 0) is 25.3 Å². The first-order valence-corrected chi connectivity index (χ1v) is 6.40. The number of nitrogens with zero attached hydrogens (tertiary/aromatic N) is 2. The van der Waals surface area contributed by atoms with Crippen molar-refractivity contribution in [2.45, 2.75) is 19.3 Å². The molecule has 1 aliphatic rings. The number of aromatic nitrogens is 3. The Morgan fingerprint density at radius 2 is 2.28 bits per heavy atom. The summed E-state index contributed by atoms with van der Waals surface area (Å²) in [6.07, 6.45) is 3.17. The van der Waals surface area contributed by atoms with Crippen LogP contribution in [-0.4, -0.2) is 21.1 Å². The van der Waals surface area contributed by atoms with Crippen LogP contribution in [0.3, 0.4) is 0 Å². The largest absolute Gasteiger partial charge is 0.296 e. The van der Waals surface area contributed by atoms with Crippen LogP contribution >= 0.6 is 11.3 Å². The second kappa shape index (κ2) is 4.34. The molecule has 1 aliphatic carbocycles. The van der Waals surface area contributed by atoms with Crippen molar-refractivity contribution >= 4 is 22.4 Å². The zero-order valence-electron chi connectivity index (χ0n) is 9.40. The summed E-state index contributed by atoms with van der Waals surface area (Å²) in [5, 5.41) is 9.17. The second-order valence-corrected chi connectivity index (χ2v) is 5.09. The quantitative estimate of drug-likeness (QED) is 0.844. The van der Waals surface area contributed by atoms with Gasteiger partial charge in [0.1, 0.15) is 5.69 Å². The van der Waals surface area contributed by atoms with Gasteiger partial charge in [0.2, 0.25) is 0 Å². The Hall–Kier alpha value is -2.02. The predicted octanol–water partition coefficient (Wildman–Crippen LogP) is 0.967. The lowest BCUT2D eigenvalue weighted by Gasteiger charge is -1.99. The molecule has 2 heterocycles. The fourth-order valence-electron chi connectivity index (χ4n) is 1.88. The van der Waals surface area contributed by atoms with Crippen LogP contribution in [-0.2, 0) is 12.8 Å². The van der Waals surface area contributed by atoms with Gasteiger partial charge in [0.15, 0.2) is 5.13 Å². The first-order valence-electron chi connectivity index (χ1n) is 5.58. The molecule has 7 heteroatoms. The number of thiazole rings is 1. The van der Waals surface area contributed by atoms with Crippen LogP contribution < -0.4 is 10.9 Å². The maximum absolute atomic E-state index is 11.8. The number of fused-ring (bicyclic) bond motifs is 1. The smallest absolute Gasteiger partial charge is 0.277 e. The Morgan fingerprint density at radius 3 is 3.00 bits per heavy atom. The molecule has 0 spiro atoms. The van der Waals surface area contributed by atoms with Gasteiger partial charge in [0.05, 0.1) is 5.69 Å². The van der Waals surface area contributed by atoms with Gasteiger partial charge in [-0.15, -0.1) is 11.3 Å². The number of rotatable bonds is 2. The molecule has 2 aromatic heterocycles. The molecule has 0 fully saturated rings. The Morgan fingerprint density at radius 1 is 1.39 bits per heavy atom. The van der Waals surface area contributed by atoms with Crippen LogP contribution in [0.2, 0.25) is 0 Å². The van der Waals surface area contributed by atoms with Gasteiger partial charge in [0, 0.05) is 10.9 Å². The molecule has 2 N–H and O–H groups in total. The minimum Gasteiger partial charge on any atom is -0.296 e. The van der Waals surface area contributed by atoms with E-state index >= 15 is 0 Å². The van der Waals surface area contributed by atoms with Gasteiger partial charge in [-0.2, -0.15) is 5.10 Å². The lowest BCUT2D eigenvalue weighted by molar-refractivity contribution is 0.102. The van der Waals surface area contributed by atoms with Crippen LogP contribution in [0.25, 0.3) is 0 Å². The van der Waals surface area contributed by atoms with Crippen molar-refractivity contribution in [3.63, 3.8) is 0 Å². The number of carbonyl (C=O) groups is 1. The molecule has 92 valence electrons. The summed E-state index contributed by atoms with van der Waals surface area (Å²) in [5.74, 6) is -0.362. The molecule has 0 saturated heterocycles. The number of nitrogens with one attached hydrogen (secondary N) is 2. The van der Waals surface area contributed by atoms with Gasteiger partial charge in [0.25, 0.3) is 11.5 Å². The summed E-state index contributed by atoms with van der Waals surface area (Å²) in [7, 11) is 0. The van der Waals surface area contributed by atoms with Gasteiger partial charge in [-0.3, -0.25) is 14.9 Å². The van der Waals surface area contributed by atoms with Crippen molar-refractivity contribution in [3.8, 4) is 0 Å². The van der Waals surface area contributed by atoms with Crippen LogP contribution in [0.5, 0.6) is 0 Å². The Kier molecular flexibility index (Phi) is 2.67. The summed E-state index contributed by atoms with van der Waals surface area (Å²) in [6.45, 7) is 0. The van der Waals surface area contributed by atoms with Crippen molar-refractivity contribution in [2.24, 2.45) is 0 Å². The zero-order chi connectivity index (χ0) is 12.5. The summed E-state index contributed by atoms with van der Waals surface area (Å²) in [4.78, 5) is 28.3. The van der Waals surface area contributed by atoms with Crippen molar-refractivity contribution in [1.82, 2.24) is 15.2 Å². The number of hydrogen-bond acceptors (Lipinski definition) is 5. The molecule has 2 aromatic rings. The number of aryl methyl sites for hydroxylation is 2. The van der Waals surface area contributed by atoms with Crippen LogP contribution in [0, 0.1) is 0 Å². The number of H-pyrrole nitrogens is 1. The van der Waals surface area contributed by atoms with Crippen LogP contribution in [0.1, 0.15) is 27.5 Å². The summed E-state index contributed by atoms with van der Waals surface area (Å²) < 4.78 is 0. The molecule has 0 aromatic carbocycles. The minimum atomic E-state index is -0.362. The topological polar surface area (TPSA) is 87.7 Å². The van der Waals surface area contributed by atoms with E-state index in [2.05, 4.69) is 20.5 Å². The van der Waals surface area contributed by atoms with E-state index in [4.69, 9.17) is 0 Å². The standard InChI is InChI=1S/C11H10N4O2S/c16-9-5-4-7(14-15-9)10(17)13-11-12-6-2-1-3-8(6)18-11/h4-5H,1-3H2,(H,15,16)(H,12,13,17). The Bertz CT molecular complexity index is 619. The van der Waals surface area contributed by atoms with E-state index in [0.29, 0.717) is 5.13 Å². The molecule has 0 bridgehead atoms. The number of anilines is 1. The predicted molar refractivity (Wildman–Crippen MR) is 66.9 cm³/mol. The van der Waals surface area contributed by atoms with E-state index in [1.165, 1.54) is 28.3 Å². The number of amides is 1. The van der Waals surface area contributed by atoms with E-state index in [0.717, 1.165) is 25.0 Å². The number of hydrogen-bond donors (Lipinski definition) is 2. The third kappa shape index (κ3) is 2.04. The number of carbonyl (C=O) groups excluding carboxylic acids is 1. The number of aromatic amines is 1. The maximum atomic E-state index is 11.8. The van der Waals surface area contributed by atoms with E-state index in [1.807, 2.05) is 0 Å². The summed E-state index contributed by atoms with van der Waals surface area (Å²) >= 11 is 1.51. The molecule has 0 radical (unpaired) electrons. The van der Waals surface area contributed by atoms with Crippen molar-refractivity contribution in [2.75, 3.05) is 5.32 Å². The monoisotopic (exact) mass is 262 g/mol. The summed E-state index contributed by atoms with van der Waals surface area (Å²) in [5.41, 5.74) is 0.925. The van der Waals surface area contributed by atoms with Crippen molar-refractivity contribution in [3.05, 3.63) is 38.8 Å². The van der Waals surface area contributed by atoms with Gasteiger partial charge in [-0.25, -0.2) is 10.1 Å². The first kappa shape index (κ1) is 11.1. The molecular formula is C11H10N4O2S. The summed E-state index contributed by atoms with van der Waals surface area (Å²) in [6, 6.07) is 2.65. The highest BCUT2D eigenvalue weighted by atomic mass is 32.1. The second-order valence-electron chi connectivity index (χ2n) is 4.00. The lowest BCUT2D eigenvalue weighted by Crippen LogP contribution is -2.17. The minimum absolute atomic E-state index is 0.171. The van der Waals surface area contributed by atoms with Gasteiger partial charge in [-0.1, -0.05) is 0 Å². The highest BCUT2D eigenvalue weighted by molar-refractivity contribution is 7.15. The SMILES string of the molecule is O=C(Nc1nc2c(s1)CCC2)c1ccc(=O)[nH]n1. The average Bonchev–Trinajstić information content (AvgIpc) is 2.90. The molecule has 3 rings (SSSR count). The lowest BCUT2D eigenvalue weighted by atomic mass is 10.4. The highest BCUT2D eigenvalue weighted by Crippen LogP contribution is 2.30. The molecular weight excluding hydrogens is 252 g/mol.